The zero-order chi connectivity index (χ0) is 21.3. The number of halogens is 1. The minimum absolute atomic E-state index is 0. The second-order valence-electron chi connectivity index (χ2n) is 6.76. The third-order valence-electron chi connectivity index (χ3n) is 4.74. The predicted molar refractivity (Wildman–Crippen MR) is 119 cm³/mol. The van der Waals surface area contributed by atoms with Gasteiger partial charge in [0.25, 0.3) is 11.8 Å². The van der Waals surface area contributed by atoms with Gasteiger partial charge in [-0.2, -0.15) is 0 Å². The van der Waals surface area contributed by atoms with Crippen LogP contribution in [0.25, 0.3) is 12.2 Å². The molecule has 2 amide bonds. The average Bonchev–Trinajstić information content (AvgIpc) is 2.81. The van der Waals surface area contributed by atoms with Crippen LogP contribution in [0.4, 0.5) is 0 Å². The SMILES string of the molecule is Cl.O=C(/C=C/c1cccc(/C=C/C(O)N2CCN(C(=O)c3ccccc3)CC2)n1)NO. The molecule has 9 heteroatoms. The minimum Gasteiger partial charge on any atom is -0.375 e. The van der Waals surface area contributed by atoms with E-state index in [0.717, 1.165) is 0 Å². The van der Waals surface area contributed by atoms with Gasteiger partial charge in [0.1, 0.15) is 6.23 Å². The molecular formula is C22H25ClN4O4. The summed E-state index contributed by atoms with van der Waals surface area (Å²) < 4.78 is 0. The quantitative estimate of drug-likeness (QED) is 0.356. The van der Waals surface area contributed by atoms with Crippen molar-refractivity contribution >= 4 is 36.4 Å². The first kappa shape index (κ1) is 24.2. The highest BCUT2D eigenvalue weighted by Crippen LogP contribution is 2.12. The van der Waals surface area contributed by atoms with E-state index in [1.807, 2.05) is 23.1 Å². The summed E-state index contributed by atoms with van der Waals surface area (Å²) in [6.07, 6.45) is 5.20. The molecule has 0 spiro atoms. The zero-order valence-corrected chi connectivity index (χ0v) is 17.6. The lowest BCUT2D eigenvalue weighted by Gasteiger charge is -2.36. The molecule has 0 bridgehead atoms. The van der Waals surface area contributed by atoms with E-state index in [-0.39, 0.29) is 18.3 Å². The van der Waals surface area contributed by atoms with Gasteiger partial charge in [-0.25, -0.2) is 10.5 Å². The van der Waals surface area contributed by atoms with Gasteiger partial charge in [0, 0.05) is 37.8 Å². The average molecular weight is 445 g/mol. The summed E-state index contributed by atoms with van der Waals surface area (Å²) in [5.41, 5.74) is 3.35. The lowest BCUT2D eigenvalue weighted by Crippen LogP contribution is -2.51. The Hall–Kier alpha value is -3.04. The minimum atomic E-state index is -0.792. The molecule has 1 saturated heterocycles. The van der Waals surface area contributed by atoms with E-state index < -0.39 is 12.1 Å². The number of rotatable bonds is 6. The topological polar surface area (TPSA) is 106 Å². The summed E-state index contributed by atoms with van der Waals surface area (Å²) in [4.78, 5) is 31.6. The summed E-state index contributed by atoms with van der Waals surface area (Å²) in [7, 11) is 0. The first-order valence-electron chi connectivity index (χ1n) is 9.60. The molecule has 0 aliphatic carbocycles. The van der Waals surface area contributed by atoms with Crippen molar-refractivity contribution in [1.82, 2.24) is 20.3 Å². The van der Waals surface area contributed by atoms with Crippen LogP contribution in [0.15, 0.2) is 60.7 Å². The molecule has 1 aliphatic heterocycles. The normalized spacial score (nSPS) is 15.6. The Morgan fingerprint density at radius 2 is 1.61 bits per heavy atom. The van der Waals surface area contributed by atoms with Crippen LogP contribution in [-0.4, -0.2) is 69.3 Å². The fourth-order valence-corrected chi connectivity index (χ4v) is 3.11. The number of hydrogen-bond acceptors (Lipinski definition) is 6. The fraction of sp³-hybridized carbons (Fsp3) is 0.227. The number of aliphatic hydroxyl groups is 1. The molecule has 2 heterocycles. The van der Waals surface area contributed by atoms with Gasteiger partial charge in [-0.15, -0.1) is 12.4 Å². The molecule has 164 valence electrons. The number of benzene rings is 1. The lowest BCUT2D eigenvalue weighted by molar-refractivity contribution is -0.124. The van der Waals surface area contributed by atoms with Crippen LogP contribution in [0.2, 0.25) is 0 Å². The van der Waals surface area contributed by atoms with Crippen LogP contribution in [-0.2, 0) is 4.79 Å². The standard InChI is InChI=1S/C22H24N4O4.ClH/c27-20(24-30)11-9-18-7-4-8-19(23-18)10-12-21(28)25-13-15-26(16-14-25)22(29)17-5-2-1-3-6-17;/h1-12,21,28,30H,13-16H2,(H,24,27);1H/b11-9+,12-10+;. The third kappa shape index (κ3) is 7.01. The molecular weight excluding hydrogens is 420 g/mol. The number of aromatic nitrogens is 1. The van der Waals surface area contributed by atoms with Gasteiger partial charge in [0.2, 0.25) is 0 Å². The Balaban J connectivity index is 0.00000341. The maximum atomic E-state index is 12.5. The highest BCUT2D eigenvalue weighted by Gasteiger charge is 2.24. The van der Waals surface area contributed by atoms with Gasteiger partial charge in [-0.1, -0.05) is 24.3 Å². The second kappa shape index (κ2) is 12.0. The largest absolute Gasteiger partial charge is 0.375 e. The summed E-state index contributed by atoms with van der Waals surface area (Å²) in [5.74, 6) is -0.637. The van der Waals surface area contributed by atoms with Crippen LogP contribution in [0.3, 0.4) is 0 Å². The number of aliphatic hydroxyl groups excluding tert-OH is 1. The lowest BCUT2D eigenvalue weighted by atomic mass is 10.2. The molecule has 1 fully saturated rings. The predicted octanol–water partition coefficient (Wildman–Crippen LogP) is 1.81. The molecule has 1 unspecified atom stereocenters. The van der Waals surface area contributed by atoms with Gasteiger partial charge >= 0.3 is 0 Å². The van der Waals surface area contributed by atoms with Crippen molar-refractivity contribution in [2.24, 2.45) is 0 Å². The maximum Gasteiger partial charge on any atom is 0.267 e. The highest BCUT2D eigenvalue weighted by molar-refractivity contribution is 5.94. The molecule has 8 nitrogen and oxygen atoms in total. The van der Waals surface area contributed by atoms with Crippen LogP contribution in [0, 0.1) is 0 Å². The molecule has 1 aromatic carbocycles. The molecule has 1 atom stereocenters. The Kier molecular flexibility index (Phi) is 9.36. The number of hydrogen-bond donors (Lipinski definition) is 3. The molecule has 1 aromatic heterocycles. The third-order valence-corrected chi connectivity index (χ3v) is 4.74. The number of pyridine rings is 1. The number of carbonyl (C=O) groups is 2. The van der Waals surface area contributed by atoms with E-state index in [9.17, 15) is 14.7 Å². The molecule has 3 N–H and O–H groups in total. The number of carbonyl (C=O) groups excluding carboxylic acids is 2. The van der Waals surface area contributed by atoms with Gasteiger partial charge in [0.15, 0.2) is 0 Å². The number of amides is 2. The van der Waals surface area contributed by atoms with Crippen LogP contribution >= 0.6 is 12.4 Å². The van der Waals surface area contributed by atoms with E-state index >= 15 is 0 Å². The van der Waals surface area contributed by atoms with Crippen molar-refractivity contribution in [3.63, 3.8) is 0 Å². The van der Waals surface area contributed by atoms with Crippen molar-refractivity contribution < 1.29 is 19.9 Å². The molecule has 1 aliphatic rings. The number of hydroxylamine groups is 1. The Bertz CT molecular complexity index is 928. The van der Waals surface area contributed by atoms with E-state index in [1.54, 1.807) is 47.4 Å². The monoisotopic (exact) mass is 444 g/mol. The fourth-order valence-electron chi connectivity index (χ4n) is 3.11. The maximum absolute atomic E-state index is 12.5. The van der Waals surface area contributed by atoms with Crippen LogP contribution in [0.1, 0.15) is 21.7 Å². The number of nitrogens with zero attached hydrogens (tertiary/aromatic N) is 3. The van der Waals surface area contributed by atoms with Gasteiger partial charge in [0.05, 0.1) is 11.4 Å². The molecule has 31 heavy (non-hydrogen) atoms. The molecule has 3 rings (SSSR count). The van der Waals surface area contributed by atoms with Gasteiger partial charge in [-0.3, -0.25) is 19.7 Å². The van der Waals surface area contributed by atoms with Crippen molar-refractivity contribution in [3.05, 3.63) is 77.6 Å². The molecule has 2 aromatic rings. The summed E-state index contributed by atoms with van der Waals surface area (Å²) in [6, 6.07) is 14.5. The summed E-state index contributed by atoms with van der Waals surface area (Å²) in [6.45, 7) is 2.22. The molecule has 0 saturated carbocycles. The zero-order valence-electron chi connectivity index (χ0n) is 16.8. The van der Waals surface area contributed by atoms with Gasteiger partial charge < -0.3 is 10.0 Å². The summed E-state index contributed by atoms with van der Waals surface area (Å²) in [5, 5.41) is 19.0. The smallest absolute Gasteiger partial charge is 0.267 e. The van der Waals surface area contributed by atoms with E-state index in [0.29, 0.717) is 43.1 Å². The second-order valence-corrected chi connectivity index (χ2v) is 6.76. The highest BCUT2D eigenvalue weighted by atomic mass is 35.5. The first-order chi connectivity index (χ1) is 14.6. The van der Waals surface area contributed by atoms with Crippen molar-refractivity contribution in [3.8, 4) is 0 Å². The van der Waals surface area contributed by atoms with Crippen LogP contribution < -0.4 is 5.48 Å². The Morgan fingerprint density at radius 1 is 0.968 bits per heavy atom. The van der Waals surface area contributed by atoms with Crippen LogP contribution in [0.5, 0.6) is 0 Å². The van der Waals surface area contributed by atoms with E-state index in [1.165, 1.54) is 17.6 Å². The van der Waals surface area contributed by atoms with E-state index in [2.05, 4.69) is 4.98 Å². The van der Waals surface area contributed by atoms with Crippen molar-refractivity contribution in [2.45, 2.75) is 6.23 Å². The summed E-state index contributed by atoms with van der Waals surface area (Å²) >= 11 is 0. The van der Waals surface area contributed by atoms with E-state index in [4.69, 9.17) is 5.21 Å². The van der Waals surface area contributed by atoms with Crippen molar-refractivity contribution in [1.29, 1.82) is 0 Å². The Morgan fingerprint density at radius 3 is 2.26 bits per heavy atom. The van der Waals surface area contributed by atoms with Gasteiger partial charge in [-0.05, 0) is 42.5 Å². The van der Waals surface area contributed by atoms with Crippen molar-refractivity contribution in [2.75, 3.05) is 26.2 Å². The first-order valence-corrected chi connectivity index (χ1v) is 9.60. The molecule has 0 radical (unpaired) electrons. The number of piperazine rings is 1. The Labute approximate surface area is 186 Å². The number of nitrogens with one attached hydrogen (secondary N) is 1.